The Morgan fingerprint density at radius 1 is 1.15 bits per heavy atom. The highest BCUT2D eigenvalue weighted by atomic mass is 15.3. The standard InChI is InChI=1S/C20H23N7/c1-4-27-20(21-12-23-27)19-18(16-8-6-5-7-9-16)22-13-26(19)15(3)11-17-10-14(2)24-25-17/h5-10,12-13,15H,4,11H2,1-3H3,(H,24,25)/t15-/m0/s1. The molecule has 0 aliphatic heterocycles. The second kappa shape index (κ2) is 7.19. The molecule has 7 nitrogen and oxygen atoms in total. The Morgan fingerprint density at radius 3 is 2.67 bits per heavy atom. The first-order valence-electron chi connectivity index (χ1n) is 9.18. The van der Waals surface area contributed by atoms with E-state index in [1.807, 2.05) is 36.1 Å². The summed E-state index contributed by atoms with van der Waals surface area (Å²) >= 11 is 0. The molecule has 0 aliphatic carbocycles. The molecule has 0 fully saturated rings. The lowest BCUT2D eigenvalue weighted by atomic mass is 10.1. The predicted molar refractivity (Wildman–Crippen MR) is 104 cm³/mol. The number of benzene rings is 1. The normalized spacial score (nSPS) is 12.4. The molecular formula is C20H23N7. The number of aryl methyl sites for hydroxylation is 2. The monoisotopic (exact) mass is 361 g/mol. The van der Waals surface area contributed by atoms with Gasteiger partial charge in [0, 0.05) is 30.3 Å². The first-order chi connectivity index (χ1) is 13.2. The van der Waals surface area contributed by atoms with Crippen molar-refractivity contribution in [3.05, 3.63) is 60.4 Å². The number of nitrogens with one attached hydrogen (secondary N) is 1. The van der Waals surface area contributed by atoms with E-state index in [-0.39, 0.29) is 6.04 Å². The summed E-state index contributed by atoms with van der Waals surface area (Å²) in [4.78, 5) is 9.28. The van der Waals surface area contributed by atoms with Crippen LogP contribution in [0.3, 0.4) is 0 Å². The van der Waals surface area contributed by atoms with E-state index in [1.165, 1.54) is 0 Å². The first kappa shape index (κ1) is 17.2. The number of aromatic amines is 1. The molecule has 0 amide bonds. The van der Waals surface area contributed by atoms with E-state index in [9.17, 15) is 0 Å². The van der Waals surface area contributed by atoms with E-state index >= 15 is 0 Å². The molecule has 7 heteroatoms. The molecule has 3 heterocycles. The fourth-order valence-corrected chi connectivity index (χ4v) is 3.38. The zero-order valence-electron chi connectivity index (χ0n) is 15.8. The van der Waals surface area contributed by atoms with Gasteiger partial charge in [0.2, 0.25) is 0 Å². The SMILES string of the molecule is CCn1ncnc1-c1c(-c2ccccc2)ncn1[C@@H](C)Cc1cc(C)[nH]n1. The summed E-state index contributed by atoms with van der Waals surface area (Å²) < 4.78 is 4.09. The number of aromatic nitrogens is 7. The summed E-state index contributed by atoms with van der Waals surface area (Å²) in [6.45, 7) is 7.01. The van der Waals surface area contributed by atoms with Crippen molar-refractivity contribution in [3.8, 4) is 22.8 Å². The molecule has 1 N–H and O–H groups in total. The van der Waals surface area contributed by atoms with Gasteiger partial charge in [-0.2, -0.15) is 10.2 Å². The molecule has 4 rings (SSSR count). The summed E-state index contributed by atoms with van der Waals surface area (Å²) in [6, 6.07) is 12.5. The van der Waals surface area contributed by atoms with Gasteiger partial charge >= 0.3 is 0 Å². The Hall–Kier alpha value is -3.22. The lowest BCUT2D eigenvalue weighted by Crippen LogP contribution is -2.12. The maximum atomic E-state index is 4.74. The molecule has 27 heavy (non-hydrogen) atoms. The van der Waals surface area contributed by atoms with Crippen LogP contribution in [-0.4, -0.2) is 34.5 Å². The molecule has 0 bridgehead atoms. The van der Waals surface area contributed by atoms with E-state index in [0.717, 1.165) is 47.1 Å². The summed E-state index contributed by atoms with van der Waals surface area (Å²) in [5.74, 6) is 0.832. The zero-order valence-corrected chi connectivity index (χ0v) is 15.8. The van der Waals surface area contributed by atoms with Crippen molar-refractivity contribution >= 4 is 0 Å². The Kier molecular flexibility index (Phi) is 4.58. The summed E-state index contributed by atoms with van der Waals surface area (Å²) in [7, 11) is 0. The van der Waals surface area contributed by atoms with Crippen molar-refractivity contribution in [2.24, 2.45) is 0 Å². The number of nitrogens with zero attached hydrogens (tertiary/aromatic N) is 6. The van der Waals surface area contributed by atoms with Gasteiger partial charge in [-0.15, -0.1) is 0 Å². The highest BCUT2D eigenvalue weighted by molar-refractivity contribution is 5.75. The third-order valence-electron chi connectivity index (χ3n) is 4.71. The Labute approximate surface area is 158 Å². The molecule has 4 aromatic rings. The van der Waals surface area contributed by atoms with Crippen LogP contribution in [0.5, 0.6) is 0 Å². The molecule has 0 saturated carbocycles. The maximum Gasteiger partial charge on any atom is 0.177 e. The number of hydrogen-bond acceptors (Lipinski definition) is 4. The maximum absolute atomic E-state index is 4.74. The molecule has 0 spiro atoms. The fourth-order valence-electron chi connectivity index (χ4n) is 3.38. The molecule has 0 saturated heterocycles. The Morgan fingerprint density at radius 2 is 1.96 bits per heavy atom. The largest absolute Gasteiger partial charge is 0.324 e. The molecular weight excluding hydrogens is 338 g/mol. The van der Waals surface area contributed by atoms with Crippen molar-refractivity contribution in [2.45, 2.75) is 39.8 Å². The van der Waals surface area contributed by atoms with Gasteiger partial charge in [0.05, 0.1) is 17.7 Å². The van der Waals surface area contributed by atoms with Crippen LogP contribution in [0.25, 0.3) is 22.8 Å². The molecule has 0 aliphatic rings. The van der Waals surface area contributed by atoms with Crippen molar-refractivity contribution in [1.82, 2.24) is 34.5 Å². The topological polar surface area (TPSA) is 77.2 Å². The van der Waals surface area contributed by atoms with Gasteiger partial charge in [-0.1, -0.05) is 30.3 Å². The third-order valence-corrected chi connectivity index (χ3v) is 4.71. The van der Waals surface area contributed by atoms with Crippen LogP contribution >= 0.6 is 0 Å². The molecule has 138 valence electrons. The second-order valence-corrected chi connectivity index (χ2v) is 6.71. The lowest BCUT2D eigenvalue weighted by Gasteiger charge is -2.16. The van der Waals surface area contributed by atoms with Gasteiger partial charge in [0.25, 0.3) is 0 Å². The third kappa shape index (κ3) is 3.28. The zero-order chi connectivity index (χ0) is 18.8. The summed E-state index contributed by atoms with van der Waals surface area (Å²) in [6.07, 6.45) is 4.31. The molecule has 0 unspecified atom stereocenters. The number of hydrogen-bond donors (Lipinski definition) is 1. The van der Waals surface area contributed by atoms with Crippen LogP contribution in [0, 0.1) is 6.92 Å². The molecule has 1 aromatic carbocycles. The average molecular weight is 361 g/mol. The molecule has 0 radical (unpaired) electrons. The quantitative estimate of drug-likeness (QED) is 0.568. The summed E-state index contributed by atoms with van der Waals surface area (Å²) in [5, 5.41) is 11.8. The van der Waals surface area contributed by atoms with Crippen LogP contribution in [0.1, 0.15) is 31.3 Å². The van der Waals surface area contributed by atoms with E-state index in [2.05, 4.69) is 56.9 Å². The first-order valence-corrected chi connectivity index (χ1v) is 9.18. The van der Waals surface area contributed by atoms with Gasteiger partial charge in [-0.05, 0) is 26.8 Å². The minimum atomic E-state index is 0.176. The average Bonchev–Trinajstić information content (AvgIpc) is 3.40. The second-order valence-electron chi connectivity index (χ2n) is 6.71. The lowest BCUT2D eigenvalue weighted by molar-refractivity contribution is 0.537. The minimum Gasteiger partial charge on any atom is -0.324 e. The summed E-state index contributed by atoms with van der Waals surface area (Å²) in [5.41, 5.74) is 5.08. The van der Waals surface area contributed by atoms with Crippen LogP contribution in [0.15, 0.2) is 49.1 Å². The van der Waals surface area contributed by atoms with Crippen LogP contribution in [-0.2, 0) is 13.0 Å². The molecule has 1 atom stereocenters. The van der Waals surface area contributed by atoms with Gasteiger partial charge in [-0.25, -0.2) is 14.6 Å². The van der Waals surface area contributed by atoms with E-state index in [4.69, 9.17) is 4.98 Å². The van der Waals surface area contributed by atoms with Gasteiger partial charge in [0.1, 0.15) is 12.0 Å². The van der Waals surface area contributed by atoms with E-state index < -0.39 is 0 Å². The number of imidazole rings is 1. The number of rotatable bonds is 6. The van der Waals surface area contributed by atoms with Crippen molar-refractivity contribution < 1.29 is 0 Å². The van der Waals surface area contributed by atoms with E-state index in [1.54, 1.807) is 6.33 Å². The van der Waals surface area contributed by atoms with Crippen molar-refractivity contribution in [1.29, 1.82) is 0 Å². The van der Waals surface area contributed by atoms with Gasteiger partial charge in [-0.3, -0.25) is 5.10 Å². The Bertz CT molecular complexity index is 1030. The number of H-pyrrole nitrogens is 1. The minimum absolute atomic E-state index is 0.176. The Balaban J connectivity index is 1.81. The predicted octanol–water partition coefficient (Wildman–Crippen LogP) is 3.66. The van der Waals surface area contributed by atoms with Crippen molar-refractivity contribution in [3.63, 3.8) is 0 Å². The van der Waals surface area contributed by atoms with E-state index in [0.29, 0.717) is 0 Å². The smallest absolute Gasteiger partial charge is 0.177 e. The highest BCUT2D eigenvalue weighted by Gasteiger charge is 2.22. The van der Waals surface area contributed by atoms with Gasteiger partial charge < -0.3 is 4.57 Å². The van der Waals surface area contributed by atoms with Crippen molar-refractivity contribution in [2.75, 3.05) is 0 Å². The molecule has 3 aromatic heterocycles. The van der Waals surface area contributed by atoms with Crippen LogP contribution in [0.2, 0.25) is 0 Å². The van der Waals surface area contributed by atoms with Crippen LogP contribution < -0.4 is 0 Å². The van der Waals surface area contributed by atoms with Crippen LogP contribution in [0.4, 0.5) is 0 Å². The highest BCUT2D eigenvalue weighted by Crippen LogP contribution is 2.32. The fraction of sp³-hybridized carbons (Fsp3) is 0.300. The van der Waals surface area contributed by atoms with Gasteiger partial charge in [0.15, 0.2) is 5.82 Å².